The zero-order valence-corrected chi connectivity index (χ0v) is 54.2. The highest BCUT2D eigenvalue weighted by Gasteiger charge is 2.16. The van der Waals surface area contributed by atoms with Crippen molar-refractivity contribution in [3.05, 3.63) is 109 Å². The minimum atomic E-state index is -0.803. The summed E-state index contributed by atoms with van der Waals surface area (Å²) in [6, 6.07) is 0. The average molecular weight is 1140 g/mol. The minimum absolute atomic E-state index is 0.0869. The first kappa shape index (κ1) is 78.6. The molecular weight excluding hydrogens is 1000 g/mol. The standard InChI is InChI=1S/C77H134O5/c1-3-5-7-9-11-13-15-17-19-21-23-25-27-29-31-32-33-34-35-36-37-38-39-40-41-42-43-44-46-47-49-51-53-55-57-59-61-63-65-67-69-71-76(79)81-74-75(73-78)82-77(80)72-70-68-66-64-62-60-58-56-54-52-50-48-45-30-28-26-24-22-20-18-16-14-12-10-8-6-4-2/h6,8,12,14,18,20-21,23-24,26,30,45,50,52,56,58,62,64,75,78H,3-5,7,9-11,13,15-17,19,22,25,27-29,31-44,46-49,51,53-55,57,59-61,63,65-74H2,1-2H3/b8-6-,14-12-,20-18-,23-21-,26-24-,45-30-,52-50-,58-56-,64-62-. The van der Waals surface area contributed by atoms with Crippen LogP contribution < -0.4 is 0 Å². The van der Waals surface area contributed by atoms with Gasteiger partial charge < -0.3 is 14.6 Å². The molecule has 0 amide bonds. The van der Waals surface area contributed by atoms with Crippen molar-refractivity contribution in [1.29, 1.82) is 0 Å². The Bertz CT molecular complexity index is 1570. The molecule has 0 radical (unpaired) electrons. The van der Waals surface area contributed by atoms with Crippen LogP contribution in [0.2, 0.25) is 0 Å². The quantitative estimate of drug-likeness (QED) is 0.0373. The van der Waals surface area contributed by atoms with Gasteiger partial charge in [-0.3, -0.25) is 9.59 Å². The first-order chi connectivity index (χ1) is 40.6. The molecule has 82 heavy (non-hydrogen) atoms. The number of hydrogen-bond acceptors (Lipinski definition) is 5. The van der Waals surface area contributed by atoms with E-state index in [-0.39, 0.29) is 25.2 Å². The second kappa shape index (κ2) is 71.8. The molecule has 0 aliphatic heterocycles. The summed E-state index contributed by atoms with van der Waals surface area (Å²) in [5, 5.41) is 9.68. The van der Waals surface area contributed by atoms with Crippen LogP contribution in [0.4, 0.5) is 0 Å². The fourth-order valence-corrected chi connectivity index (χ4v) is 10.3. The highest BCUT2D eigenvalue weighted by Crippen LogP contribution is 2.18. The summed E-state index contributed by atoms with van der Waals surface area (Å²) in [7, 11) is 0. The van der Waals surface area contributed by atoms with Gasteiger partial charge in [0.05, 0.1) is 6.61 Å². The van der Waals surface area contributed by atoms with Gasteiger partial charge in [-0.2, -0.15) is 0 Å². The average Bonchev–Trinajstić information content (AvgIpc) is 3.49. The minimum Gasteiger partial charge on any atom is -0.462 e. The predicted octanol–water partition coefficient (Wildman–Crippen LogP) is 24.8. The number of rotatable bonds is 65. The molecule has 5 nitrogen and oxygen atoms in total. The van der Waals surface area contributed by atoms with Crippen LogP contribution in [-0.4, -0.2) is 36.4 Å². The molecule has 0 fully saturated rings. The third-order valence-corrected chi connectivity index (χ3v) is 15.6. The van der Waals surface area contributed by atoms with E-state index in [0.29, 0.717) is 12.8 Å². The third-order valence-electron chi connectivity index (χ3n) is 15.6. The molecule has 5 heteroatoms. The van der Waals surface area contributed by atoms with E-state index in [9.17, 15) is 14.7 Å². The monoisotopic (exact) mass is 1140 g/mol. The van der Waals surface area contributed by atoms with Gasteiger partial charge >= 0.3 is 11.9 Å². The van der Waals surface area contributed by atoms with Gasteiger partial charge in [-0.05, 0) is 103 Å². The number of carbonyl (C=O) groups excluding carboxylic acids is 2. The molecule has 1 N–H and O–H groups in total. The molecule has 0 aromatic carbocycles. The summed E-state index contributed by atoms with van der Waals surface area (Å²) in [5.41, 5.74) is 0. The number of aliphatic hydroxyl groups excluding tert-OH is 1. The van der Waals surface area contributed by atoms with Crippen LogP contribution in [0, 0.1) is 0 Å². The van der Waals surface area contributed by atoms with Gasteiger partial charge in [-0.15, -0.1) is 0 Å². The number of aliphatic hydroxyl groups is 1. The first-order valence-corrected chi connectivity index (χ1v) is 35.4. The Morgan fingerprint density at radius 3 is 0.829 bits per heavy atom. The Balaban J connectivity index is 3.47. The molecule has 0 heterocycles. The van der Waals surface area contributed by atoms with Crippen molar-refractivity contribution >= 4 is 11.9 Å². The van der Waals surface area contributed by atoms with E-state index in [1.165, 1.54) is 231 Å². The Hall–Kier alpha value is -3.44. The van der Waals surface area contributed by atoms with E-state index in [4.69, 9.17) is 9.47 Å². The molecule has 0 aliphatic carbocycles. The van der Waals surface area contributed by atoms with Crippen molar-refractivity contribution in [2.24, 2.45) is 0 Å². The summed E-state index contributed by atoms with van der Waals surface area (Å²) < 4.78 is 10.7. The van der Waals surface area contributed by atoms with Crippen molar-refractivity contribution in [3.8, 4) is 0 Å². The largest absolute Gasteiger partial charge is 0.462 e. The van der Waals surface area contributed by atoms with Gasteiger partial charge in [0.1, 0.15) is 6.61 Å². The fraction of sp³-hybridized carbons (Fsp3) is 0.740. The molecule has 0 aromatic rings. The van der Waals surface area contributed by atoms with E-state index in [0.717, 1.165) is 89.9 Å². The Morgan fingerprint density at radius 2 is 0.524 bits per heavy atom. The Kier molecular flexibility index (Phi) is 68.8. The van der Waals surface area contributed by atoms with Crippen molar-refractivity contribution in [3.63, 3.8) is 0 Å². The van der Waals surface area contributed by atoms with Crippen molar-refractivity contribution in [2.75, 3.05) is 13.2 Å². The second-order valence-corrected chi connectivity index (χ2v) is 23.6. The summed E-state index contributed by atoms with van der Waals surface area (Å²) in [4.78, 5) is 24.6. The lowest BCUT2D eigenvalue weighted by molar-refractivity contribution is -0.161. The van der Waals surface area contributed by atoms with E-state index in [2.05, 4.69) is 123 Å². The van der Waals surface area contributed by atoms with Gasteiger partial charge in [0.25, 0.3) is 0 Å². The Labute approximate surface area is 510 Å². The SMILES string of the molecule is CC/C=C\C/C=C\C/C=C\C/C=C\C/C=C\C/C=C\C/C=C\C/C=C\CCCCC(=O)OC(CO)COC(=O)CCCCCCCCCCCCCCCCCCCCCCCCCCCCCCC/C=C\CCCCCCCCCC. The van der Waals surface area contributed by atoms with E-state index >= 15 is 0 Å². The molecule has 0 aliphatic rings. The normalized spacial score (nSPS) is 12.9. The molecule has 0 aromatic heterocycles. The Morgan fingerprint density at radius 1 is 0.293 bits per heavy atom. The first-order valence-electron chi connectivity index (χ1n) is 35.4. The lowest BCUT2D eigenvalue weighted by Crippen LogP contribution is -2.28. The van der Waals surface area contributed by atoms with Crippen molar-refractivity contribution in [1.82, 2.24) is 0 Å². The summed E-state index contributed by atoms with van der Waals surface area (Å²) >= 11 is 0. The lowest BCUT2D eigenvalue weighted by Gasteiger charge is -2.15. The van der Waals surface area contributed by atoms with Gasteiger partial charge in [0.15, 0.2) is 6.10 Å². The third kappa shape index (κ3) is 69.1. The molecule has 0 rings (SSSR count). The van der Waals surface area contributed by atoms with Gasteiger partial charge in [-0.25, -0.2) is 0 Å². The van der Waals surface area contributed by atoms with Gasteiger partial charge in [0.2, 0.25) is 0 Å². The number of esters is 2. The zero-order valence-electron chi connectivity index (χ0n) is 54.2. The van der Waals surface area contributed by atoms with Crippen LogP contribution in [-0.2, 0) is 19.1 Å². The van der Waals surface area contributed by atoms with Gasteiger partial charge in [0, 0.05) is 12.8 Å². The molecule has 0 saturated heterocycles. The molecule has 0 bridgehead atoms. The summed E-state index contributed by atoms with van der Waals surface area (Å²) in [5.74, 6) is -0.636. The maximum Gasteiger partial charge on any atom is 0.306 e. The van der Waals surface area contributed by atoms with Crippen LogP contribution in [0.5, 0.6) is 0 Å². The smallest absolute Gasteiger partial charge is 0.306 e. The van der Waals surface area contributed by atoms with E-state index in [1.807, 2.05) is 0 Å². The fourth-order valence-electron chi connectivity index (χ4n) is 10.3. The summed E-state index contributed by atoms with van der Waals surface area (Å²) in [6.07, 6.45) is 104. The van der Waals surface area contributed by atoms with Crippen LogP contribution in [0.15, 0.2) is 109 Å². The van der Waals surface area contributed by atoms with Crippen molar-refractivity contribution < 1.29 is 24.2 Å². The molecule has 0 saturated carbocycles. The zero-order chi connectivity index (χ0) is 59.1. The van der Waals surface area contributed by atoms with Crippen LogP contribution in [0.25, 0.3) is 0 Å². The highest BCUT2D eigenvalue weighted by atomic mass is 16.6. The predicted molar refractivity (Wildman–Crippen MR) is 362 cm³/mol. The molecule has 0 spiro atoms. The maximum atomic E-state index is 12.3. The topological polar surface area (TPSA) is 72.8 Å². The van der Waals surface area contributed by atoms with Crippen LogP contribution in [0.1, 0.15) is 348 Å². The lowest BCUT2D eigenvalue weighted by atomic mass is 10.0. The van der Waals surface area contributed by atoms with E-state index < -0.39 is 6.10 Å². The van der Waals surface area contributed by atoms with Crippen molar-refractivity contribution in [2.45, 2.75) is 354 Å². The number of ether oxygens (including phenoxy) is 2. The molecule has 472 valence electrons. The number of unbranched alkanes of at least 4 members (excludes halogenated alkanes) is 39. The number of hydrogen-bond donors (Lipinski definition) is 1. The molecular formula is C77H134O5. The maximum absolute atomic E-state index is 12.3. The highest BCUT2D eigenvalue weighted by molar-refractivity contribution is 5.70. The number of allylic oxidation sites excluding steroid dienone is 18. The molecule has 1 unspecified atom stereocenters. The van der Waals surface area contributed by atoms with Crippen LogP contribution in [0.3, 0.4) is 0 Å². The van der Waals surface area contributed by atoms with Gasteiger partial charge in [-0.1, -0.05) is 342 Å². The summed E-state index contributed by atoms with van der Waals surface area (Å²) in [6.45, 7) is 4.02. The van der Waals surface area contributed by atoms with E-state index in [1.54, 1.807) is 0 Å². The number of carbonyl (C=O) groups is 2. The second-order valence-electron chi connectivity index (χ2n) is 23.6. The van der Waals surface area contributed by atoms with Crippen LogP contribution >= 0.6 is 0 Å². The molecule has 1 atom stereocenters.